The number of hydrogen-bond donors (Lipinski definition) is 1. The molecule has 1 fully saturated rings. The summed E-state index contributed by atoms with van der Waals surface area (Å²) in [5.74, 6) is 1.14. The second kappa shape index (κ2) is 9.51. The van der Waals surface area contributed by atoms with Gasteiger partial charge in [0.25, 0.3) is 11.8 Å². The molecule has 166 valence electrons. The number of aryl methyl sites for hydroxylation is 1. The number of benzene rings is 1. The summed E-state index contributed by atoms with van der Waals surface area (Å²) in [6.07, 6.45) is 1.64. The fraction of sp³-hybridized carbons (Fsp3) is 0.304. The topological polar surface area (TPSA) is 101 Å². The monoisotopic (exact) mass is 435 g/mol. The lowest BCUT2D eigenvalue weighted by Gasteiger charge is -2.34. The lowest BCUT2D eigenvalue weighted by Crippen LogP contribution is -2.50. The Balaban J connectivity index is 1.41. The second-order valence-corrected chi connectivity index (χ2v) is 7.40. The Bertz CT molecular complexity index is 1090. The summed E-state index contributed by atoms with van der Waals surface area (Å²) >= 11 is 0. The van der Waals surface area contributed by atoms with Crippen molar-refractivity contribution in [1.82, 2.24) is 19.9 Å². The zero-order chi connectivity index (χ0) is 22.5. The lowest BCUT2D eigenvalue weighted by molar-refractivity contribution is 0.0513. The number of carbonyl (C=O) groups excluding carboxylic acids is 2. The zero-order valence-corrected chi connectivity index (χ0v) is 18.1. The van der Waals surface area contributed by atoms with Crippen molar-refractivity contribution in [2.45, 2.75) is 13.8 Å². The van der Waals surface area contributed by atoms with Crippen molar-refractivity contribution in [3.05, 3.63) is 65.7 Å². The van der Waals surface area contributed by atoms with Crippen LogP contribution in [0.3, 0.4) is 0 Å². The molecule has 2 aromatic heterocycles. The summed E-state index contributed by atoms with van der Waals surface area (Å²) in [4.78, 5) is 33.5. The van der Waals surface area contributed by atoms with Crippen LogP contribution in [0.1, 0.15) is 33.5 Å². The third-order valence-electron chi connectivity index (χ3n) is 5.16. The molecular formula is C23H25N5O4. The van der Waals surface area contributed by atoms with E-state index in [4.69, 9.17) is 9.26 Å². The number of piperazine rings is 1. The normalized spacial score (nSPS) is 13.7. The average Bonchev–Trinajstić information content (AvgIpc) is 3.26. The highest BCUT2D eigenvalue weighted by atomic mass is 16.5. The first kappa shape index (κ1) is 21.4. The van der Waals surface area contributed by atoms with Gasteiger partial charge in [0.15, 0.2) is 0 Å². The van der Waals surface area contributed by atoms with Crippen molar-refractivity contribution in [3.63, 3.8) is 0 Å². The number of carbonyl (C=O) groups is 2. The summed E-state index contributed by atoms with van der Waals surface area (Å²) in [7, 11) is 0. The van der Waals surface area contributed by atoms with Crippen LogP contribution >= 0.6 is 0 Å². The first-order chi connectivity index (χ1) is 15.5. The van der Waals surface area contributed by atoms with Gasteiger partial charge in [0.1, 0.15) is 11.6 Å². The molecule has 0 unspecified atom stereocenters. The number of rotatable bonds is 6. The Morgan fingerprint density at radius 2 is 1.75 bits per heavy atom. The third-order valence-corrected chi connectivity index (χ3v) is 5.16. The molecule has 0 saturated carbocycles. The van der Waals surface area contributed by atoms with Crippen LogP contribution in [0, 0.1) is 6.92 Å². The molecule has 0 atom stereocenters. The standard InChI is InChI=1S/C23H25N5O4/c1-3-31-18-8-6-17(7-9-18)25-21-19(5-4-10-24-21)22(29)27-11-13-28(14-12-27)23(30)20-15-16(2)26-32-20/h4-10,15H,3,11-14H2,1-2H3,(H,24,25). The van der Waals surface area contributed by atoms with E-state index >= 15 is 0 Å². The van der Waals surface area contributed by atoms with Gasteiger partial charge in [-0.2, -0.15) is 0 Å². The largest absolute Gasteiger partial charge is 0.494 e. The van der Waals surface area contributed by atoms with Crippen molar-refractivity contribution in [1.29, 1.82) is 0 Å². The minimum atomic E-state index is -0.211. The molecule has 0 bridgehead atoms. The van der Waals surface area contributed by atoms with Gasteiger partial charge in [-0.05, 0) is 50.2 Å². The highest BCUT2D eigenvalue weighted by Gasteiger charge is 2.28. The number of amides is 2. The van der Waals surface area contributed by atoms with Crippen molar-refractivity contribution in [3.8, 4) is 5.75 Å². The molecule has 1 N–H and O–H groups in total. The number of nitrogens with one attached hydrogen (secondary N) is 1. The van der Waals surface area contributed by atoms with Crippen molar-refractivity contribution < 1.29 is 18.8 Å². The first-order valence-electron chi connectivity index (χ1n) is 10.5. The smallest absolute Gasteiger partial charge is 0.292 e. The van der Waals surface area contributed by atoms with Crippen molar-refractivity contribution in [2.75, 3.05) is 38.1 Å². The van der Waals surface area contributed by atoms with E-state index in [9.17, 15) is 9.59 Å². The van der Waals surface area contributed by atoms with Crippen LogP contribution in [0.5, 0.6) is 5.75 Å². The van der Waals surface area contributed by atoms with Gasteiger partial charge in [-0.25, -0.2) is 4.98 Å². The third kappa shape index (κ3) is 4.72. The summed E-state index contributed by atoms with van der Waals surface area (Å²) in [5, 5.41) is 6.98. The van der Waals surface area contributed by atoms with Crippen LogP contribution in [0.25, 0.3) is 0 Å². The molecule has 9 heteroatoms. The molecule has 1 saturated heterocycles. The van der Waals surface area contributed by atoms with Gasteiger partial charge in [0.2, 0.25) is 5.76 Å². The Morgan fingerprint density at radius 1 is 1.06 bits per heavy atom. The van der Waals surface area contributed by atoms with Gasteiger partial charge in [-0.1, -0.05) is 5.16 Å². The van der Waals surface area contributed by atoms with E-state index < -0.39 is 0 Å². The Labute approximate surface area is 186 Å². The highest BCUT2D eigenvalue weighted by Crippen LogP contribution is 2.23. The SMILES string of the molecule is CCOc1ccc(Nc2ncccc2C(=O)N2CCN(C(=O)c3cc(C)no3)CC2)cc1. The van der Waals surface area contributed by atoms with E-state index in [1.807, 2.05) is 31.2 Å². The quantitative estimate of drug-likeness (QED) is 0.635. The van der Waals surface area contributed by atoms with E-state index in [1.54, 1.807) is 41.1 Å². The number of pyridine rings is 1. The van der Waals surface area contributed by atoms with Gasteiger partial charge in [-0.15, -0.1) is 0 Å². The second-order valence-electron chi connectivity index (χ2n) is 7.40. The Hall–Kier alpha value is -3.88. The Kier molecular flexibility index (Phi) is 6.34. The molecule has 0 radical (unpaired) electrons. The van der Waals surface area contributed by atoms with E-state index in [-0.39, 0.29) is 17.6 Å². The van der Waals surface area contributed by atoms with E-state index in [1.165, 1.54) is 0 Å². The Morgan fingerprint density at radius 3 is 2.38 bits per heavy atom. The molecule has 1 aromatic carbocycles. The van der Waals surface area contributed by atoms with Gasteiger partial charge < -0.3 is 24.4 Å². The number of aromatic nitrogens is 2. The highest BCUT2D eigenvalue weighted by molar-refractivity contribution is 5.99. The molecule has 0 spiro atoms. The van der Waals surface area contributed by atoms with Crippen LogP contribution in [-0.4, -0.2) is 64.5 Å². The summed E-state index contributed by atoms with van der Waals surface area (Å²) in [5.41, 5.74) is 1.94. The maximum absolute atomic E-state index is 13.2. The van der Waals surface area contributed by atoms with Gasteiger partial charge in [0, 0.05) is 44.1 Å². The van der Waals surface area contributed by atoms with E-state index in [2.05, 4.69) is 15.5 Å². The van der Waals surface area contributed by atoms with Crippen molar-refractivity contribution >= 4 is 23.3 Å². The van der Waals surface area contributed by atoms with Crippen LogP contribution < -0.4 is 10.1 Å². The number of hydrogen-bond acceptors (Lipinski definition) is 7. The molecule has 2 amide bonds. The fourth-order valence-electron chi connectivity index (χ4n) is 3.52. The minimum absolute atomic E-state index is 0.130. The van der Waals surface area contributed by atoms with Gasteiger partial charge in [0.05, 0.1) is 17.9 Å². The van der Waals surface area contributed by atoms with Crippen LogP contribution in [0.15, 0.2) is 53.2 Å². The van der Waals surface area contributed by atoms with Crippen molar-refractivity contribution in [2.24, 2.45) is 0 Å². The van der Waals surface area contributed by atoms with Crippen LogP contribution in [0.2, 0.25) is 0 Å². The lowest BCUT2D eigenvalue weighted by atomic mass is 10.2. The number of ether oxygens (including phenoxy) is 1. The van der Waals surface area contributed by atoms with Gasteiger partial charge >= 0.3 is 0 Å². The minimum Gasteiger partial charge on any atom is -0.494 e. The fourth-order valence-corrected chi connectivity index (χ4v) is 3.52. The zero-order valence-electron chi connectivity index (χ0n) is 18.1. The first-order valence-corrected chi connectivity index (χ1v) is 10.5. The van der Waals surface area contributed by atoms with Gasteiger partial charge in [-0.3, -0.25) is 9.59 Å². The van der Waals surface area contributed by atoms with Crippen LogP contribution in [-0.2, 0) is 0 Å². The molecule has 1 aliphatic heterocycles. The molecule has 9 nitrogen and oxygen atoms in total. The number of anilines is 2. The summed E-state index contributed by atoms with van der Waals surface area (Å²) in [6, 6.07) is 12.6. The predicted octanol–water partition coefficient (Wildman–Crippen LogP) is 3.12. The molecular weight excluding hydrogens is 410 g/mol. The molecule has 32 heavy (non-hydrogen) atoms. The number of nitrogens with zero attached hydrogens (tertiary/aromatic N) is 4. The predicted molar refractivity (Wildman–Crippen MR) is 118 cm³/mol. The molecule has 0 aliphatic carbocycles. The maximum atomic E-state index is 13.2. The van der Waals surface area contributed by atoms with Crippen LogP contribution in [0.4, 0.5) is 11.5 Å². The summed E-state index contributed by atoms with van der Waals surface area (Å²) in [6.45, 7) is 6.00. The molecule has 1 aliphatic rings. The average molecular weight is 435 g/mol. The maximum Gasteiger partial charge on any atom is 0.292 e. The molecule has 4 rings (SSSR count). The summed E-state index contributed by atoms with van der Waals surface area (Å²) < 4.78 is 10.5. The van der Waals surface area contributed by atoms with E-state index in [0.29, 0.717) is 49.9 Å². The van der Waals surface area contributed by atoms with E-state index in [0.717, 1.165) is 11.4 Å². The molecule has 3 heterocycles. The molecule has 3 aromatic rings.